The Hall–Kier alpha value is -1.05. The third-order valence-electron chi connectivity index (χ3n) is 1.24. The van der Waals surface area contributed by atoms with E-state index < -0.39 is 5.24 Å². The lowest BCUT2D eigenvalue weighted by atomic mass is 10.2. The van der Waals surface area contributed by atoms with Crippen molar-refractivity contribution in [1.29, 1.82) is 5.26 Å². The molecule has 0 saturated heterocycles. The maximum atomic E-state index is 10.8. The van der Waals surface area contributed by atoms with Crippen molar-refractivity contribution in [3.8, 4) is 6.07 Å². The van der Waals surface area contributed by atoms with Crippen LogP contribution < -0.4 is 0 Å². The Morgan fingerprint density at radius 2 is 2.33 bits per heavy atom. The maximum Gasteiger partial charge on any atom is 0.254 e. The van der Waals surface area contributed by atoms with Gasteiger partial charge >= 0.3 is 0 Å². The molecule has 0 aromatic carbocycles. The van der Waals surface area contributed by atoms with Gasteiger partial charge in [-0.15, -0.1) is 12.6 Å². The number of halogens is 1. The lowest BCUT2D eigenvalue weighted by molar-refractivity contribution is 0.107. The lowest BCUT2D eigenvalue weighted by Gasteiger charge is -1.99. The van der Waals surface area contributed by atoms with Crippen LogP contribution in [-0.4, -0.2) is 10.2 Å². The molecule has 1 aromatic rings. The van der Waals surface area contributed by atoms with Crippen LogP contribution in [0.1, 0.15) is 15.9 Å². The van der Waals surface area contributed by atoms with Crippen LogP contribution in [0, 0.1) is 11.3 Å². The second-order valence-corrected chi connectivity index (χ2v) is 2.79. The van der Waals surface area contributed by atoms with Crippen LogP contribution in [0.15, 0.2) is 17.3 Å². The van der Waals surface area contributed by atoms with Gasteiger partial charge in [0, 0.05) is 17.3 Å². The third kappa shape index (κ3) is 1.58. The monoisotopic (exact) mass is 198 g/mol. The molecule has 5 heteroatoms. The summed E-state index contributed by atoms with van der Waals surface area (Å²) >= 11 is 9.17. The minimum absolute atomic E-state index is 0.109. The highest BCUT2D eigenvalue weighted by Crippen LogP contribution is 2.18. The van der Waals surface area contributed by atoms with E-state index in [0.717, 1.165) is 0 Å². The molecule has 0 aliphatic heterocycles. The van der Waals surface area contributed by atoms with E-state index in [1.807, 2.05) is 0 Å². The third-order valence-corrected chi connectivity index (χ3v) is 1.77. The Morgan fingerprint density at radius 3 is 2.75 bits per heavy atom. The summed E-state index contributed by atoms with van der Waals surface area (Å²) in [4.78, 5) is 14.8. The average Bonchev–Trinajstić information content (AvgIpc) is 2.03. The van der Waals surface area contributed by atoms with Gasteiger partial charge in [0.25, 0.3) is 5.24 Å². The van der Waals surface area contributed by atoms with E-state index in [2.05, 4.69) is 17.6 Å². The first-order valence-corrected chi connectivity index (χ1v) is 3.76. The van der Waals surface area contributed by atoms with E-state index in [-0.39, 0.29) is 11.1 Å². The zero-order valence-electron chi connectivity index (χ0n) is 5.78. The van der Waals surface area contributed by atoms with E-state index in [0.29, 0.717) is 4.90 Å². The molecule has 0 radical (unpaired) electrons. The van der Waals surface area contributed by atoms with Gasteiger partial charge in [-0.25, -0.2) is 0 Å². The number of nitrogens with zero attached hydrogens (tertiary/aromatic N) is 2. The largest absolute Gasteiger partial charge is 0.276 e. The van der Waals surface area contributed by atoms with E-state index in [1.54, 1.807) is 6.07 Å². The predicted molar refractivity (Wildman–Crippen MR) is 46.4 cm³/mol. The number of carbonyl (C=O) groups is 1. The molecule has 0 spiro atoms. The fraction of sp³-hybridized carbons (Fsp3) is 0. The van der Waals surface area contributed by atoms with Gasteiger partial charge in [-0.2, -0.15) is 5.26 Å². The number of hydrogen-bond acceptors (Lipinski definition) is 4. The number of aromatic nitrogens is 1. The van der Waals surface area contributed by atoms with Gasteiger partial charge in [-0.05, 0) is 11.6 Å². The Balaban J connectivity index is 3.42. The highest BCUT2D eigenvalue weighted by atomic mass is 35.5. The molecule has 1 aromatic heterocycles. The summed E-state index contributed by atoms with van der Waals surface area (Å²) in [6.07, 6.45) is 2.63. The van der Waals surface area contributed by atoms with Crippen LogP contribution in [0.3, 0.4) is 0 Å². The topological polar surface area (TPSA) is 53.8 Å². The average molecular weight is 199 g/mol. The Kier molecular flexibility index (Phi) is 2.69. The summed E-state index contributed by atoms with van der Waals surface area (Å²) < 4.78 is 0. The van der Waals surface area contributed by atoms with Crippen molar-refractivity contribution in [2.24, 2.45) is 0 Å². The van der Waals surface area contributed by atoms with Gasteiger partial charge in [-0.1, -0.05) is 0 Å². The summed E-state index contributed by atoms with van der Waals surface area (Å²) in [5, 5.41) is 7.86. The summed E-state index contributed by atoms with van der Waals surface area (Å²) in [7, 11) is 0. The fourth-order valence-electron chi connectivity index (χ4n) is 0.741. The van der Waals surface area contributed by atoms with Crippen LogP contribution in [0.25, 0.3) is 0 Å². The number of thiol groups is 1. The van der Waals surface area contributed by atoms with E-state index in [9.17, 15) is 4.79 Å². The van der Waals surface area contributed by atoms with Crippen molar-refractivity contribution in [1.82, 2.24) is 4.98 Å². The second kappa shape index (κ2) is 3.57. The van der Waals surface area contributed by atoms with Crippen molar-refractivity contribution >= 4 is 29.5 Å². The minimum atomic E-state index is -0.695. The quantitative estimate of drug-likeness (QED) is 0.551. The second-order valence-electron chi connectivity index (χ2n) is 1.97. The molecular formula is C7H3ClN2OS. The SMILES string of the molecule is N#Cc1cncc(S)c1C(=O)Cl. The van der Waals surface area contributed by atoms with Crippen LogP contribution in [0.2, 0.25) is 0 Å². The normalized spacial score (nSPS) is 9.08. The Labute approximate surface area is 79.4 Å². The van der Waals surface area contributed by atoms with Crippen molar-refractivity contribution in [3.63, 3.8) is 0 Å². The van der Waals surface area contributed by atoms with Gasteiger partial charge in [-0.3, -0.25) is 9.78 Å². The van der Waals surface area contributed by atoms with Crippen molar-refractivity contribution in [2.45, 2.75) is 4.90 Å². The summed E-state index contributed by atoms with van der Waals surface area (Å²) in [5.74, 6) is 0. The Bertz CT molecular complexity index is 372. The summed E-state index contributed by atoms with van der Waals surface area (Å²) in [6, 6.07) is 1.80. The first-order chi connectivity index (χ1) is 5.66. The number of pyridine rings is 1. The molecule has 12 heavy (non-hydrogen) atoms. The van der Waals surface area contributed by atoms with Crippen LogP contribution >= 0.6 is 24.2 Å². The zero-order chi connectivity index (χ0) is 9.14. The molecule has 1 rings (SSSR count). The van der Waals surface area contributed by atoms with Gasteiger partial charge in [0.1, 0.15) is 6.07 Å². The van der Waals surface area contributed by atoms with E-state index in [4.69, 9.17) is 16.9 Å². The number of hydrogen-bond donors (Lipinski definition) is 1. The van der Waals surface area contributed by atoms with Crippen molar-refractivity contribution < 1.29 is 4.79 Å². The van der Waals surface area contributed by atoms with Gasteiger partial charge < -0.3 is 0 Å². The van der Waals surface area contributed by atoms with Crippen molar-refractivity contribution in [3.05, 3.63) is 23.5 Å². The standard InChI is InChI=1S/C7H3ClN2OS/c8-7(11)6-4(1-9)2-10-3-5(6)12/h2-3,12H. The molecule has 3 nitrogen and oxygen atoms in total. The van der Waals surface area contributed by atoms with E-state index >= 15 is 0 Å². The number of nitriles is 1. The predicted octanol–water partition coefficient (Wildman–Crippen LogP) is 1.62. The number of rotatable bonds is 1. The fourth-order valence-corrected chi connectivity index (χ4v) is 1.30. The lowest BCUT2D eigenvalue weighted by Crippen LogP contribution is -1.96. The molecule has 0 N–H and O–H groups in total. The van der Waals surface area contributed by atoms with Gasteiger partial charge in [0.05, 0.1) is 11.1 Å². The smallest absolute Gasteiger partial charge is 0.254 e. The summed E-state index contributed by atoms with van der Waals surface area (Å²) in [5.41, 5.74) is 0.250. The Morgan fingerprint density at radius 1 is 1.67 bits per heavy atom. The molecule has 1 heterocycles. The maximum absolute atomic E-state index is 10.8. The first-order valence-electron chi connectivity index (χ1n) is 2.93. The molecule has 0 unspecified atom stereocenters. The van der Waals surface area contributed by atoms with Crippen LogP contribution in [0.4, 0.5) is 0 Å². The molecule has 0 aliphatic rings. The van der Waals surface area contributed by atoms with E-state index in [1.165, 1.54) is 12.4 Å². The van der Waals surface area contributed by atoms with Gasteiger partial charge in [0.2, 0.25) is 0 Å². The highest BCUT2D eigenvalue weighted by Gasteiger charge is 2.12. The molecule has 60 valence electrons. The van der Waals surface area contributed by atoms with Crippen molar-refractivity contribution in [2.75, 3.05) is 0 Å². The first kappa shape index (κ1) is 9.04. The minimum Gasteiger partial charge on any atom is -0.276 e. The van der Waals surface area contributed by atoms with Crippen LogP contribution in [0.5, 0.6) is 0 Å². The molecule has 0 saturated carbocycles. The highest BCUT2D eigenvalue weighted by molar-refractivity contribution is 7.80. The molecule has 0 atom stereocenters. The molecule has 0 amide bonds. The molecule has 0 aliphatic carbocycles. The summed E-state index contributed by atoms with van der Waals surface area (Å²) in [6.45, 7) is 0. The number of carbonyl (C=O) groups excluding carboxylic acids is 1. The zero-order valence-corrected chi connectivity index (χ0v) is 7.43. The molecule has 0 bridgehead atoms. The van der Waals surface area contributed by atoms with Crippen LogP contribution in [-0.2, 0) is 0 Å². The van der Waals surface area contributed by atoms with Gasteiger partial charge in [0.15, 0.2) is 0 Å². The molecule has 0 fully saturated rings. The molecular weight excluding hydrogens is 196 g/mol.